The number of anilines is 1. The number of rotatable bonds is 6. The van der Waals surface area contributed by atoms with Gasteiger partial charge in [0.1, 0.15) is 0 Å². The minimum absolute atomic E-state index is 0.0115. The second-order valence-electron chi connectivity index (χ2n) is 5.16. The van der Waals surface area contributed by atoms with E-state index in [-0.39, 0.29) is 24.0 Å². The maximum atomic E-state index is 11.9. The highest BCUT2D eigenvalue weighted by atomic mass is 16.5. The standard InChI is InChI=1S/C16H20N2O3/c1-3-15(19)17-12-6-4-11(5-7-12)8-16(20)18-13-9-14(10-13)21-2/h3-7,13-14H,1,8-10H2,2H3,(H,17,19)(H,18,20). The third-order valence-electron chi connectivity index (χ3n) is 3.56. The van der Waals surface area contributed by atoms with Gasteiger partial charge in [-0.3, -0.25) is 9.59 Å². The first-order valence-corrected chi connectivity index (χ1v) is 6.95. The zero-order chi connectivity index (χ0) is 15.2. The summed E-state index contributed by atoms with van der Waals surface area (Å²) in [6.07, 6.45) is 3.60. The maximum Gasteiger partial charge on any atom is 0.247 e. The van der Waals surface area contributed by atoms with Crippen LogP contribution < -0.4 is 10.6 Å². The Kier molecular flexibility index (Phi) is 5.11. The van der Waals surface area contributed by atoms with Crippen LogP contribution in [0.1, 0.15) is 18.4 Å². The zero-order valence-electron chi connectivity index (χ0n) is 12.1. The molecule has 2 rings (SSSR count). The van der Waals surface area contributed by atoms with Gasteiger partial charge in [-0.2, -0.15) is 0 Å². The number of methoxy groups -OCH3 is 1. The predicted octanol–water partition coefficient (Wildman–Crippen LogP) is 1.65. The van der Waals surface area contributed by atoms with Gasteiger partial charge >= 0.3 is 0 Å². The van der Waals surface area contributed by atoms with Gasteiger partial charge in [-0.25, -0.2) is 0 Å². The van der Waals surface area contributed by atoms with Gasteiger partial charge < -0.3 is 15.4 Å². The molecule has 2 amide bonds. The Bertz CT molecular complexity index is 519. The van der Waals surface area contributed by atoms with Crippen molar-refractivity contribution in [1.82, 2.24) is 5.32 Å². The van der Waals surface area contributed by atoms with Gasteiger partial charge in [0.15, 0.2) is 0 Å². The molecule has 1 aromatic carbocycles. The first-order chi connectivity index (χ1) is 10.1. The summed E-state index contributed by atoms with van der Waals surface area (Å²) in [7, 11) is 1.69. The summed E-state index contributed by atoms with van der Waals surface area (Å²) in [6.45, 7) is 3.39. The quantitative estimate of drug-likeness (QED) is 0.782. The van der Waals surface area contributed by atoms with Crippen molar-refractivity contribution in [1.29, 1.82) is 0 Å². The fourth-order valence-corrected chi connectivity index (χ4v) is 2.24. The number of hydrogen-bond donors (Lipinski definition) is 2. The SMILES string of the molecule is C=CC(=O)Nc1ccc(CC(=O)NC2CC(OC)C2)cc1. The molecule has 5 nitrogen and oxygen atoms in total. The van der Waals surface area contributed by atoms with Crippen LogP contribution in [-0.4, -0.2) is 31.1 Å². The number of ether oxygens (including phenoxy) is 1. The molecule has 0 atom stereocenters. The summed E-state index contributed by atoms with van der Waals surface area (Å²) < 4.78 is 5.18. The fraction of sp³-hybridized carbons (Fsp3) is 0.375. The van der Waals surface area contributed by atoms with E-state index in [4.69, 9.17) is 4.74 Å². The number of nitrogens with one attached hydrogen (secondary N) is 2. The van der Waals surface area contributed by atoms with E-state index in [9.17, 15) is 9.59 Å². The topological polar surface area (TPSA) is 67.4 Å². The molecular formula is C16H20N2O3. The summed E-state index contributed by atoms with van der Waals surface area (Å²) in [5.74, 6) is -0.240. The van der Waals surface area contributed by atoms with Gasteiger partial charge in [0.05, 0.1) is 12.5 Å². The largest absolute Gasteiger partial charge is 0.381 e. The monoisotopic (exact) mass is 288 g/mol. The molecule has 112 valence electrons. The van der Waals surface area contributed by atoms with Gasteiger partial charge in [-0.1, -0.05) is 18.7 Å². The lowest BCUT2D eigenvalue weighted by atomic mass is 9.89. The Morgan fingerprint density at radius 1 is 1.33 bits per heavy atom. The summed E-state index contributed by atoms with van der Waals surface area (Å²) in [6, 6.07) is 7.44. The molecule has 0 unspecified atom stereocenters. The van der Waals surface area contributed by atoms with Crippen LogP contribution in [0.4, 0.5) is 5.69 Å². The second kappa shape index (κ2) is 7.04. The smallest absolute Gasteiger partial charge is 0.247 e. The molecule has 0 spiro atoms. The average Bonchev–Trinajstić information content (AvgIpc) is 2.44. The lowest BCUT2D eigenvalue weighted by Gasteiger charge is -2.34. The van der Waals surface area contributed by atoms with Gasteiger partial charge in [0.2, 0.25) is 11.8 Å². The van der Waals surface area contributed by atoms with Crippen LogP contribution in [0.2, 0.25) is 0 Å². The highest BCUT2D eigenvalue weighted by Gasteiger charge is 2.29. The molecule has 1 aliphatic rings. The van der Waals surface area contributed by atoms with E-state index in [2.05, 4.69) is 17.2 Å². The van der Waals surface area contributed by atoms with E-state index < -0.39 is 0 Å². The number of amides is 2. The normalized spacial score (nSPS) is 20.2. The molecular weight excluding hydrogens is 268 g/mol. The summed E-state index contributed by atoms with van der Waals surface area (Å²) >= 11 is 0. The van der Waals surface area contributed by atoms with Crippen LogP contribution in [-0.2, 0) is 20.7 Å². The van der Waals surface area contributed by atoms with Crippen LogP contribution in [0.5, 0.6) is 0 Å². The van der Waals surface area contributed by atoms with Crippen molar-refractivity contribution in [3.8, 4) is 0 Å². The van der Waals surface area contributed by atoms with Crippen LogP contribution in [0.25, 0.3) is 0 Å². The van der Waals surface area contributed by atoms with E-state index in [1.54, 1.807) is 19.2 Å². The van der Waals surface area contributed by atoms with E-state index in [0.29, 0.717) is 12.1 Å². The molecule has 2 N–H and O–H groups in total. The van der Waals surface area contributed by atoms with Crippen molar-refractivity contribution >= 4 is 17.5 Å². The van der Waals surface area contributed by atoms with Crippen LogP contribution in [0.15, 0.2) is 36.9 Å². The Balaban J connectivity index is 1.79. The maximum absolute atomic E-state index is 11.9. The van der Waals surface area contributed by atoms with Gasteiger partial charge in [-0.15, -0.1) is 0 Å². The molecule has 1 aliphatic carbocycles. The first-order valence-electron chi connectivity index (χ1n) is 6.95. The van der Waals surface area contributed by atoms with Crippen molar-refractivity contribution in [2.45, 2.75) is 31.4 Å². The molecule has 0 aliphatic heterocycles. The van der Waals surface area contributed by atoms with Crippen molar-refractivity contribution < 1.29 is 14.3 Å². The highest BCUT2D eigenvalue weighted by Crippen LogP contribution is 2.22. The van der Waals surface area contributed by atoms with E-state index in [0.717, 1.165) is 18.4 Å². The van der Waals surface area contributed by atoms with Crippen molar-refractivity contribution in [2.75, 3.05) is 12.4 Å². The summed E-state index contributed by atoms with van der Waals surface area (Å²) in [5, 5.41) is 5.65. The first kappa shape index (κ1) is 15.3. The van der Waals surface area contributed by atoms with Crippen LogP contribution >= 0.6 is 0 Å². The third kappa shape index (κ3) is 4.43. The molecule has 0 bridgehead atoms. The molecule has 5 heteroatoms. The summed E-state index contributed by atoms with van der Waals surface area (Å²) in [4.78, 5) is 23.0. The predicted molar refractivity (Wildman–Crippen MR) is 80.9 cm³/mol. The molecule has 0 saturated heterocycles. The molecule has 0 radical (unpaired) electrons. The minimum atomic E-state index is -0.252. The Morgan fingerprint density at radius 3 is 2.57 bits per heavy atom. The summed E-state index contributed by atoms with van der Waals surface area (Å²) in [5.41, 5.74) is 1.60. The van der Waals surface area contributed by atoms with Gasteiger partial charge in [0.25, 0.3) is 0 Å². The highest BCUT2D eigenvalue weighted by molar-refractivity contribution is 5.98. The van der Waals surface area contributed by atoms with Crippen LogP contribution in [0, 0.1) is 0 Å². The molecule has 0 aromatic heterocycles. The second-order valence-corrected chi connectivity index (χ2v) is 5.16. The molecule has 1 saturated carbocycles. The third-order valence-corrected chi connectivity index (χ3v) is 3.56. The average molecular weight is 288 g/mol. The Morgan fingerprint density at radius 2 is 2.00 bits per heavy atom. The number of hydrogen-bond acceptors (Lipinski definition) is 3. The lowest BCUT2D eigenvalue weighted by molar-refractivity contribution is -0.122. The fourth-order valence-electron chi connectivity index (χ4n) is 2.24. The van der Waals surface area contributed by atoms with E-state index >= 15 is 0 Å². The van der Waals surface area contributed by atoms with E-state index in [1.807, 2.05) is 12.1 Å². The zero-order valence-corrected chi connectivity index (χ0v) is 12.1. The number of carbonyl (C=O) groups excluding carboxylic acids is 2. The number of benzene rings is 1. The van der Waals surface area contributed by atoms with Gasteiger partial charge in [0, 0.05) is 18.8 Å². The Hall–Kier alpha value is -2.14. The van der Waals surface area contributed by atoms with Crippen molar-refractivity contribution in [3.05, 3.63) is 42.5 Å². The Labute approximate surface area is 124 Å². The minimum Gasteiger partial charge on any atom is -0.381 e. The lowest BCUT2D eigenvalue weighted by Crippen LogP contribution is -2.47. The molecule has 1 fully saturated rings. The van der Waals surface area contributed by atoms with Gasteiger partial charge in [-0.05, 0) is 36.6 Å². The molecule has 21 heavy (non-hydrogen) atoms. The number of carbonyl (C=O) groups is 2. The van der Waals surface area contributed by atoms with Crippen LogP contribution in [0.3, 0.4) is 0 Å². The van der Waals surface area contributed by atoms with Crippen molar-refractivity contribution in [3.63, 3.8) is 0 Å². The van der Waals surface area contributed by atoms with E-state index in [1.165, 1.54) is 6.08 Å². The molecule has 1 aromatic rings. The van der Waals surface area contributed by atoms with Crippen molar-refractivity contribution in [2.24, 2.45) is 0 Å². The molecule has 0 heterocycles.